The molecule has 6 nitrogen and oxygen atoms in total. The molecule has 6 aromatic carbocycles. The first kappa shape index (κ1) is 30.4. The minimum atomic E-state index is -4.83. The van der Waals surface area contributed by atoms with Crippen molar-refractivity contribution in [2.24, 2.45) is 0 Å². The third kappa shape index (κ3) is 5.15. The highest BCUT2D eigenvalue weighted by molar-refractivity contribution is 5.88. The lowest BCUT2D eigenvalue weighted by atomic mass is 9.68. The molecule has 0 atom stereocenters. The lowest BCUT2D eigenvalue weighted by Gasteiger charge is -2.34. The van der Waals surface area contributed by atoms with E-state index in [4.69, 9.17) is 15.2 Å². The number of nitrogen functional groups attached to an aromatic ring is 1. The summed E-state index contributed by atoms with van der Waals surface area (Å²) in [5.41, 5.74) is 9.43. The summed E-state index contributed by atoms with van der Waals surface area (Å²) in [5.74, 6) is -0.947. The first-order chi connectivity index (χ1) is 23.1. The molecule has 0 radical (unpaired) electrons. The summed E-state index contributed by atoms with van der Waals surface area (Å²) in [5, 5.41) is 19.2. The minimum Gasteiger partial charge on any atom is -0.506 e. The van der Waals surface area contributed by atoms with Gasteiger partial charge in [0.25, 0.3) is 0 Å². The van der Waals surface area contributed by atoms with Crippen LogP contribution in [0.2, 0.25) is 0 Å². The molecule has 0 spiro atoms. The second-order valence-electron chi connectivity index (χ2n) is 11.3. The molecular formula is C39H26F3NO5. The summed E-state index contributed by atoms with van der Waals surface area (Å²) >= 11 is 0. The summed E-state index contributed by atoms with van der Waals surface area (Å²) in [6.07, 6.45) is -4.83. The molecule has 4 N–H and O–H groups in total. The number of hydrogen-bond acceptors (Lipinski definition) is 5. The topological polar surface area (TPSA) is 102 Å². The number of benzene rings is 6. The summed E-state index contributed by atoms with van der Waals surface area (Å²) in [7, 11) is 0. The fourth-order valence-electron chi connectivity index (χ4n) is 6.39. The van der Waals surface area contributed by atoms with E-state index >= 15 is 0 Å². The highest BCUT2D eigenvalue weighted by Crippen LogP contribution is 2.56. The predicted octanol–water partition coefficient (Wildman–Crippen LogP) is 9.64. The Morgan fingerprint density at radius 1 is 0.646 bits per heavy atom. The highest BCUT2D eigenvalue weighted by atomic mass is 19.4. The first-order valence-corrected chi connectivity index (χ1v) is 14.8. The standard InChI is InChI=1S/C39H26F3NO5/c40-39(41,42)33-21-23(37(45)46)9-20-36(33)48-27-16-12-25(13-17-27)38(31-7-3-1-5-29(31)30-6-2-4-8-32(30)38)24-10-14-26(15-11-24)47-28-18-19-34(43)35(44)22-28/h1-22,44H,43H2,(H,45,46). The second kappa shape index (κ2) is 11.5. The molecular weight excluding hydrogens is 619 g/mol. The Kier molecular flexibility index (Phi) is 7.32. The zero-order chi connectivity index (χ0) is 33.6. The normalized spacial score (nSPS) is 13.0. The number of anilines is 1. The SMILES string of the molecule is Nc1ccc(Oc2ccc(C3(c4ccc(Oc5ccc(C(=O)O)cc5C(F)(F)F)cc4)c4ccccc4-c4ccccc43)cc2)cc1O. The van der Waals surface area contributed by atoms with E-state index in [1.165, 1.54) is 6.07 Å². The van der Waals surface area contributed by atoms with Crippen LogP contribution in [-0.4, -0.2) is 16.2 Å². The van der Waals surface area contributed by atoms with Crippen molar-refractivity contribution in [1.82, 2.24) is 0 Å². The molecule has 0 unspecified atom stereocenters. The molecule has 9 heteroatoms. The number of rotatable bonds is 7. The minimum absolute atomic E-state index is 0.0819. The van der Waals surface area contributed by atoms with Gasteiger partial charge in [-0.15, -0.1) is 0 Å². The van der Waals surface area contributed by atoms with Crippen LogP contribution in [0, 0.1) is 0 Å². The lowest BCUT2D eigenvalue weighted by Crippen LogP contribution is -2.28. The Bertz CT molecular complexity index is 2130. The summed E-state index contributed by atoms with van der Waals surface area (Å²) in [4.78, 5) is 11.3. The van der Waals surface area contributed by atoms with E-state index in [0.29, 0.717) is 17.6 Å². The zero-order valence-electron chi connectivity index (χ0n) is 25.0. The van der Waals surface area contributed by atoms with Gasteiger partial charge in [0.1, 0.15) is 28.7 Å². The van der Waals surface area contributed by atoms with Gasteiger partial charge < -0.3 is 25.4 Å². The molecule has 1 aliphatic carbocycles. The zero-order valence-corrected chi connectivity index (χ0v) is 25.0. The molecule has 0 aromatic heterocycles. The summed E-state index contributed by atoms with van der Waals surface area (Å²) in [6.45, 7) is 0. The molecule has 0 heterocycles. The van der Waals surface area contributed by atoms with Crippen LogP contribution < -0.4 is 15.2 Å². The number of fused-ring (bicyclic) bond motifs is 3. The molecule has 0 fully saturated rings. The number of hydrogen-bond donors (Lipinski definition) is 3. The summed E-state index contributed by atoms with van der Waals surface area (Å²) < 4.78 is 53.3. The van der Waals surface area contributed by atoms with Crippen LogP contribution in [-0.2, 0) is 11.6 Å². The van der Waals surface area contributed by atoms with Gasteiger partial charge in [-0.2, -0.15) is 13.2 Å². The maximum Gasteiger partial charge on any atom is 0.420 e. The van der Waals surface area contributed by atoms with Crippen molar-refractivity contribution in [3.63, 3.8) is 0 Å². The number of nitrogens with two attached hydrogens (primary N) is 1. The van der Waals surface area contributed by atoms with Crippen molar-refractivity contribution in [3.8, 4) is 39.9 Å². The molecule has 238 valence electrons. The predicted molar refractivity (Wildman–Crippen MR) is 175 cm³/mol. The van der Waals surface area contributed by atoms with Crippen LogP contribution in [0.15, 0.2) is 133 Å². The van der Waals surface area contributed by atoms with Gasteiger partial charge in [-0.3, -0.25) is 0 Å². The van der Waals surface area contributed by atoms with E-state index in [2.05, 4.69) is 24.3 Å². The number of aromatic hydroxyl groups is 1. The monoisotopic (exact) mass is 645 g/mol. The third-order valence-electron chi connectivity index (χ3n) is 8.52. The highest BCUT2D eigenvalue weighted by Gasteiger charge is 2.46. The van der Waals surface area contributed by atoms with E-state index in [-0.39, 0.29) is 17.2 Å². The van der Waals surface area contributed by atoms with Crippen LogP contribution in [0.1, 0.15) is 38.2 Å². The summed E-state index contributed by atoms with van der Waals surface area (Å²) in [6, 6.07) is 38.0. The quantitative estimate of drug-likeness (QED) is 0.118. The molecule has 0 bridgehead atoms. The van der Waals surface area contributed by atoms with Gasteiger partial charge in [-0.05, 0) is 88.0 Å². The Morgan fingerprint density at radius 2 is 1.17 bits per heavy atom. The number of carboxylic acids is 1. The first-order valence-electron chi connectivity index (χ1n) is 14.8. The number of phenolic OH excluding ortho intramolecular Hbond substituents is 1. The average molecular weight is 646 g/mol. The molecule has 0 saturated heterocycles. The van der Waals surface area contributed by atoms with Crippen LogP contribution >= 0.6 is 0 Å². The molecule has 0 saturated carbocycles. The maximum atomic E-state index is 13.9. The van der Waals surface area contributed by atoms with Crippen molar-refractivity contribution >= 4 is 11.7 Å². The van der Waals surface area contributed by atoms with Gasteiger partial charge in [0.05, 0.1) is 22.2 Å². The van der Waals surface area contributed by atoms with E-state index < -0.39 is 34.4 Å². The number of carboxylic acid groups (broad SMARTS) is 1. The Labute approximate surface area is 273 Å². The van der Waals surface area contributed by atoms with Crippen molar-refractivity contribution < 1.29 is 37.7 Å². The average Bonchev–Trinajstić information content (AvgIpc) is 3.38. The van der Waals surface area contributed by atoms with E-state index in [9.17, 15) is 28.2 Å². The number of phenols is 1. The van der Waals surface area contributed by atoms with Crippen molar-refractivity contribution in [2.75, 3.05) is 5.73 Å². The Balaban J connectivity index is 1.32. The maximum absolute atomic E-state index is 13.9. The number of halogens is 3. The molecule has 1 aliphatic rings. The van der Waals surface area contributed by atoms with Crippen molar-refractivity contribution in [1.29, 1.82) is 0 Å². The van der Waals surface area contributed by atoms with Gasteiger partial charge in [-0.25, -0.2) is 4.79 Å². The van der Waals surface area contributed by atoms with Gasteiger partial charge >= 0.3 is 12.1 Å². The largest absolute Gasteiger partial charge is 0.506 e. The lowest BCUT2D eigenvalue weighted by molar-refractivity contribution is -0.138. The van der Waals surface area contributed by atoms with Crippen molar-refractivity contribution in [3.05, 3.63) is 167 Å². The molecule has 0 amide bonds. The number of alkyl halides is 3. The van der Waals surface area contributed by atoms with Crippen LogP contribution in [0.5, 0.6) is 28.7 Å². The van der Waals surface area contributed by atoms with Crippen LogP contribution in [0.4, 0.5) is 18.9 Å². The second-order valence-corrected chi connectivity index (χ2v) is 11.3. The number of aromatic carboxylic acids is 1. The van der Waals surface area contributed by atoms with Gasteiger partial charge in [0, 0.05) is 6.07 Å². The van der Waals surface area contributed by atoms with Crippen LogP contribution in [0.3, 0.4) is 0 Å². The number of carbonyl (C=O) groups is 1. The Morgan fingerprint density at radius 3 is 1.69 bits per heavy atom. The van der Waals surface area contributed by atoms with E-state index in [1.54, 1.807) is 24.3 Å². The smallest absolute Gasteiger partial charge is 0.420 e. The number of ether oxygens (including phenoxy) is 2. The molecule has 48 heavy (non-hydrogen) atoms. The van der Waals surface area contributed by atoms with Gasteiger partial charge in [0.15, 0.2) is 0 Å². The van der Waals surface area contributed by atoms with E-state index in [0.717, 1.165) is 45.5 Å². The molecule has 6 aromatic rings. The van der Waals surface area contributed by atoms with Gasteiger partial charge in [0.2, 0.25) is 0 Å². The fraction of sp³-hybridized carbons (Fsp3) is 0.0513. The van der Waals surface area contributed by atoms with E-state index in [1.807, 2.05) is 60.7 Å². The molecule has 7 rings (SSSR count). The van der Waals surface area contributed by atoms with Crippen molar-refractivity contribution in [2.45, 2.75) is 11.6 Å². The molecule has 0 aliphatic heterocycles. The fourth-order valence-corrected chi connectivity index (χ4v) is 6.39. The Hall–Kier alpha value is -6.22. The third-order valence-corrected chi connectivity index (χ3v) is 8.52. The van der Waals surface area contributed by atoms with Crippen LogP contribution in [0.25, 0.3) is 11.1 Å². The van der Waals surface area contributed by atoms with Gasteiger partial charge in [-0.1, -0.05) is 72.8 Å².